The summed E-state index contributed by atoms with van der Waals surface area (Å²) in [6.07, 6.45) is 5.29. The summed E-state index contributed by atoms with van der Waals surface area (Å²) in [5.74, 6) is 1.16. The van der Waals surface area contributed by atoms with Gasteiger partial charge in [0.2, 0.25) is 0 Å². The number of pyridine rings is 1. The summed E-state index contributed by atoms with van der Waals surface area (Å²) >= 11 is 0. The number of benzene rings is 1. The van der Waals surface area contributed by atoms with E-state index in [1.807, 2.05) is 0 Å². The van der Waals surface area contributed by atoms with Crippen molar-refractivity contribution in [2.45, 2.75) is 39.2 Å². The maximum atomic E-state index is 4.91. The van der Waals surface area contributed by atoms with E-state index in [0.29, 0.717) is 0 Å². The van der Waals surface area contributed by atoms with Crippen LogP contribution in [0, 0.1) is 0 Å². The summed E-state index contributed by atoms with van der Waals surface area (Å²) < 4.78 is 0. The van der Waals surface area contributed by atoms with E-state index in [1.54, 1.807) is 0 Å². The third-order valence-corrected chi connectivity index (χ3v) is 4.28. The van der Waals surface area contributed by atoms with E-state index in [4.69, 9.17) is 4.98 Å². The van der Waals surface area contributed by atoms with E-state index in [2.05, 4.69) is 47.5 Å². The lowest BCUT2D eigenvalue weighted by molar-refractivity contribution is 0.726. The monoisotopic (exact) mass is 283 g/mol. The quantitative estimate of drug-likeness (QED) is 0.927. The van der Waals surface area contributed by atoms with Gasteiger partial charge in [0.1, 0.15) is 5.82 Å². The van der Waals surface area contributed by atoms with Gasteiger partial charge < -0.3 is 10.2 Å². The fraction of sp³-hybridized carbons (Fsp3) is 0.500. The first-order valence-electron chi connectivity index (χ1n) is 8.23. The van der Waals surface area contributed by atoms with Crippen molar-refractivity contribution < 1.29 is 0 Å². The Balaban J connectivity index is 1.97. The van der Waals surface area contributed by atoms with Gasteiger partial charge in [-0.1, -0.05) is 38.0 Å². The average molecular weight is 283 g/mol. The molecule has 1 aromatic carbocycles. The molecule has 2 aromatic rings. The van der Waals surface area contributed by atoms with Crippen LogP contribution in [0.5, 0.6) is 0 Å². The topological polar surface area (TPSA) is 28.2 Å². The molecule has 1 saturated heterocycles. The second-order valence-corrected chi connectivity index (χ2v) is 5.84. The molecule has 3 heteroatoms. The maximum absolute atomic E-state index is 4.91. The number of para-hydroxylation sites is 1. The molecule has 0 saturated carbocycles. The fourth-order valence-electron chi connectivity index (χ4n) is 3.10. The van der Waals surface area contributed by atoms with Crippen LogP contribution in [0.1, 0.15) is 38.2 Å². The molecule has 0 bridgehead atoms. The van der Waals surface area contributed by atoms with Crippen molar-refractivity contribution in [2.24, 2.45) is 0 Å². The normalized spacial score (nSPS) is 16.1. The number of hydrogen-bond acceptors (Lipinski definition) is 3. The van der Waals surface area contributed by atoms with Crippen molar-refractivity contribution in [1.29, 1.82) is 0 Å². The maximum Gasteiger partial charge on any atom is 0.129 e. The van der Waals surface area contributed by atoms with E-state index in [9.17, 15) is 0 Å². The first-order chi connectivity index (χ1) is 10.4. The number of hydrogen-bond donors (Lipinski definition) is 1. The zero-order valence-corrected chi connectivity index (χ0v) is 12.9. The predicted molar refractivity (Wildman–Crippen MR) is 89.8 cm³/mol. The second kappa shape index (κ2) is 6.90. The molecule has 1 aliphatic rings. The molecule has 21 heavy (non-hydrogen) atoms. The molecule has 2 heterocycles. The van der Waals surface area contributed by atoms with Crippen LogP contribution in [0.2, 0.25) is 0 Å². The summed E-state index contributed by atoms with van der Waals surface area (Å²) in [5, 5.41) is 4.73. The molecule has 1 aliphatic heterocycles. The average Bonchev–Trinajstić information content (AvgIpc) is 2.81. The van der Waals surface area contributed by atoms with Crippen molar-refractivity contribution in [2.75, 3.05) is 24.5 Å². The van der Waals surface area contributed by atoms with Crippen molar-refractivity contribution in [1.82, 2.24) is 10.3 Å². The second-order valence-electron chi connectivity index (χ2n) is 5.84. The molecule has 0 radical (unpaired) electrons. The summed E-state index contributed by atoms with van der Waals surface area (Å²) in [6, 6.07) is 10.8. The van der Waals surface area contributed by atoms with Gasteiger partial charge in [0.15, 0.2) is 0 Å². The molecule has 0 atom stereocenters. The number of fused-ring (bicyclic) bond motifs is 1. The van der Waals surface area contributed by atoms with Gasteiger partial charge in [-0.15, -0.1) is 0 Å². The van der Waals surface area contributed by atoms with E-state index < -0.39 is 0 Å². The van der Waals surface area contributed by atoms with E-state index in [1.165, 1.54) is 36.6 Å². The Morgan fingerprint density at radius 2 is 1.86 bits per heavy atom. The lowest BCUT2D eigenvalue weighted by Gasteiger charge is -2.23. The molecule has 1 aromatic heterocycles. The van der Waals surface area contributed by atoms with Gasteiger partial charge in [-0.25, -0.2) is 4.98 Å². The molecule has 0 amide bonds. The Kier molecular flexibility index (Phi) is 4.71. The van der Waals surface area contributed by atoms with Crippen LogP contribution in [0.25, 0.3) is 10.9 Å². The molecule has 0 aliphatic carbocycles. The molecule has 0 unspecified atom stereocenters. The van der Waals surface area contributed by atoms with Crippen LogP contribution >= 0.6 is 0 Å². The fourth-order valence-corrected chi connectivity index (χ4v) is 3.10. The third-order valence-electron chi connectivity index (χ3n) is 4.28. The van der Waals surface area contributed by atoms with Crippen molar-refractivity contribution in [3.8, 4) is 0 Å². The number of nitrogens with one attached hydrogen (secondary N) is 1. The van der Waals surface area contributed by atoms with Gasteiger partial charge in [0, 0.05) is 25.0 Å². The number of nitrogens with zero attached hydrogens (tertiary/aromatic N) is 2. The molecule has 1 N–H and O–H groups in total. The lowest BCUT2D eigenvalue weighted by Crippen LogP contribution is -2.25. The van der Waals surface area contributed by atoms with E-state index in [-0.39, 0.29) is 0 Å². The van der Waals surface area contributed by atoms with Crippen molar-refractivity contribution in [3.63, 3.8) is 0 Å². The van der Waals surface area contributed by atoms with Crippen LogP contribution in [0.15, 0.2) is 30.3 Å². The Morgan fingerprint density at radius 1 is 1.10 bits per heavy atom. The number of rotatable bonds is 4. The molecule has 3 nitrogen and oxygen atoms in total. The van der Waals surface area contributed by atoms with Gasteiger partial charge in [0.25, 0.3) is 0 Å². The predicted octanol–water partition coefficient (Wildman–Crippen LogP) is 3.72. The van der Waals surface area contributed by atoms with Gasteiger partial charge in [0.05, 0.1) is 5.52 Å². The smallest absolute Gasteiger partial charge is 0.129 e. The van der Waals surface area contributed by atoms with Gasteiger partial charge >= 0.3 is 0 Å². The zero-order chi connectivity index (χ0) is 14.5. The highest BCUT2D eigenvalue weighted by Gasteiger charge is 2.13. The first-order valence-corrected chi connectivity index (χ1v) is 8.23. The summed E-state index contributed by atoms with van der Waals surface area (Å²) in [4.78, 5) is 7.37. The SMILES string of the molecule is CCNCc1cc(N2CCCCCC2)nc2ccccc12. The molecule has 3 rings (SSSR count). The third kappa shape index (κ3) is 3.35. The van der Waals surface area contributed by atoms with Gasteiger partial charge in [-0.05, 0) is 37.1 Å². The number of aromatic nitrogens is 1. The number of anilines is 1. The standard InChI is InChI=1S/C18H25N3/c1-2-19-14-15-13-18(21-11-7-3-4-8-12-21)20-17-10-6-5-9-16(15)17/h5-6,9-10,13,19H,2-4,7-8,11-12,14H2,1H3. The Hall–Kier alpha value is -1.61. The summed E-state index contributed by atoms with van der Waals surface area (Å²) in [6.45, 7) is 6.35. The molecular formula is C18H25N3. The lowest BCUT2D eigenvalue weighted by atomic mass is 10.1. The molecule has 0 spiro atoms. The summed E-state index contributed by atoms with van der Waals surface area (Å²) in [7, 11) is 0. The minimum absolute atomic E-state index is 0.917. The highest BCUT2D eigenvalue weighted by atomic mass is 15.2. The van der Waals surface area contributed by atoms with Gasteiger partial charge in [-0.3, -0.25) is 0 Å². The molecule has 112 valence electrons. The molecular weight excluding hydrogens is 258 g/mol. The van der Waals surface area contributed by atoms with Crippen molar-refractivity contribution in [3.05, 3.63) is 35.9 Å². The van der Waals surface area contributed by atoms with E-state index in [0.717, 1.165) is 37.5 Å². The largest absolute Gasteiger partial charge is 0.357 e. The van der Waals surface area contributed by atoms with Crippen LogP contribution in [0.4, 0.5) is 5.82 Å². The van der Waals surface area contributed by atoms with Crippen molar-refractivity contribution >= 4 is 16.7 Å². The van der Waals surface area contributed by atoms with Crippen LogP contribution < -0.4 is 10.2 Å². The van der Waals surface area contributed by atoms with Gasteiger partial charge in [-0.2, -0.15) is 0 Å². The van der Waals surface area contributed by atoms with Crippen LogP contribution in [0.3, 0.4) is 0 Å². The minimum Gasteiger partial charge on any atom is -0.357 e. The van der Waals surface area contributed by atoms with E-state index >= 15 is 0 Å². The zero-order valence-electron chi connectivity index (χ0n) is 12.9. The summed E-state index contributed by atoms with van der Waals surface area (Å²) in [5.41, 5.74) is 2.48. The highest BCUT2D eigenvalue weighted by Crippen LogP contribution is 2.24. The van der Waals surface area contributed by atoms with Crippen LogP contribution in [-0.2, 0) is 6.54 Å². The molecule has 1 fully saturated rings. The minimum atomic E-state index is 0.917. The highest BCUT2D eigenvalue weighted by molar-refractivity contribution is 5.84. The Labute approximate surface area is 127 Å². The van der Waals surface area contributed by atoms with Crippen LogP contribution in [-0.4, -0.2) is 24.6 Å². The Bertz CT molecular complexity index is 586. The Morgan fingerprint density at radius 3 is 2.62 bits per heavy atom. The first kappa shape index (κ1) is 14.3.